The Morgan fingerprint density at radius 2 is 1.69 bits per heavy atom. The van der Waals surface area contributed by atoms with Crippen LogP contribution in [0.2, 0.25) is 0 Å². The number of hydrogen-bond donors (Lipinski definition) is 3. The molecule has 0 unspecified atom stereocenters. The molecule has 0 saturated carbocycles. The summed E-state index contributed by atoms with van der Waals surface area (Å²) >= 11 is 0. The van der Waals surface area contributed by atoms with E-state index in [1.807, 2.05) is 32.7 Å². The molecule has 5 N–H and O–H groups in total. The maximum Gasteiger partial charge on any atom is 0.292 e. The first kappa shape index (κ1) is 37.3. The van der Waals surface area contributed by atoms with E-state index in [-0.39, 0.29) is 17.8 Å². The first-order chi connectivity index (χ1) is 28.4. The Morgan fingerprint density at radius 1 is 0.862 bits per heavy atom. The Kier molecular flexibility index (Phi) is 10.5. The predicted octanol–water partition coefficient (Wildman–Crippen LogP) is 1.80. The molecule has 0 atom stereocenters. The van der Waals surface area contributed by atoms with Crippen LogP contribution in [0.3, 0.4) is 0 Å². The minimum atomic E-state index is -0.0833. The van der Waals surface area contributed by atoms with Crippen LogP contribution in [0.1, 0.15) is 33.5 Å². The predicted molar refractivity (Wildman–Crippen MR) is 217 cm³/mol. The van der Waals surface area contributed by atoms with Crippen LogP contribution in [0.5, 0.6) is 0 Å². The minimum Gasteiger partial charge on any atom is -0.424 e. The summed E-state index contributed by atoms with van der Waals surface area (Å²) in [5, 5.41) is 8.87. The summed E-state index contributed by atoms with van der Waals surface area (Å²) in [5.41, 5.74) is 19.2. The van der Waals surface area contributed by atoms with E-state index < -0.39 is 0 Å². The van der Waals surface area contributed by atoms with Gasteiger partial charge in [-0.1, -0.05) is 18.2 Å². The number of nitrogen functional groups attached to an aromatic ring is 2. The van der Waals surface area contributed by atoms with Gasteiger partial charge in [-0.15, -0.1) is 0 Å². The molecular weight excluding hydrogens is 741 g/mol. The number of fused-ring (bicyclic) bond motifs is 3. The highest BCUT2D eigenvalue weighted by molar-refractivity contribution is 5.99. The molecule has 2 aromatic carbocycles. The van der Waals surface area contributed by atoms with Gasteiger partial charge >= 0.3 is 0 Å². The number of ether oxygens (including phenoxy) is 1. The SMILES string of the molecule is Nc1nc2cc(-c3nn(Cc4ccc5c(c4)CCN(C(=O)c4cnc(N6CCN(CCOCCC(=O)N7CCNCC7)CC6)nc4)C5)c4ncnc(N)c34)ccc2o1. The third-order valence-electron chi connectivity index (χ3n) is 11.2. The van der Waals surface area contributed by atoms with Crippen molar-refractivity contribution >= 4 is 51.7 Å². The van der Waals surface area contributed by atoms with Crippen LogP contribution < -0.4 is 21.7 Å². The van der Waals surface area contributed by atoms with Crippen molar-refractivity contribution in [1.29, 1.82) is 0 Å². The molecule has 3 aliphatic rings. The third-order valence-corrected chi connectivity index (χ3v) is 11.2. The molecule has 2 saturated heterocycles. The van der Waals surface area contributed by atoms with E-state index in [2.05, 4.69) is 58.2 Å². The van der Waals surface area contributed by atoms with Gasteiger partial charge in [0.2, 0.25) is 11.9 Å². The number of carbonyl (C=O) groups excluding carboxylic acids is 2. The van der Waals surface area contributed by atoms with Gasteiger partial charge in [-0.05, 0) is 41.3 Å². The Labute approximate surface area is 334 Å². The number of aromatic nitrogens is 7. The molecule has 0 bridgehead atoms. The molecular formula is C40H46N14O4. The van der Waals surface area contributed by atoms with Crippen LogP contribution in [0.4, 0.5) is 17.8 Å². The van der Waals surface area contributed by atoms with Gasteiger partial charge in [0.15, 0.2) is 11.2 Å². The summed E-state index contributed by atoms with van der Waals surface area (Å²) in [5.74, 6) is 1.05. The highest BCUT2D eigenvalue weighted by atomic mass is 16.5. The Bertz CT molecular complexity index is 2440. The number of hydrogen-bond acceptors (Lipinski definition) is 15. The Hall–Kier alpha value is -6.24. The summed E-state index contributed by atoms with van der Waals surface area (Å²) in [7, 11) is 0. The van der Waals surface area contributed by atoms with Gasteiger partial charge < -0.3 is 40.6 Å². The average Bonchev–Trinajstić information content (AvgIpc) is 3.83. The van der Waals surface area contributed by atoms with Crippen LogP contribution in [0.15, 0.2) is 59.5 Å². The van der Waals surface area contributed by atoms with Crippen molar-refractivity contribution in [3.05, 3.63) is 77.4 Å². The normalized spacial score (nSPS) is 16.3. The maximum atomic E-state index is 13.6. The van der Waals surface area contributed by atoms with Crippen molar-refractivity contribution in [1.82, 2.24) is 54.7 Å². The van der Waals surface area contributed by atoms with Gasteiger partial charge in [0.25, 0.3) is 11.9 Å². The Morgan fingerprint density at radius 3 is 2.52 bits per heavy atom. The summed E-state index contributed by atoms with van der Waals surface area (Å²) < 4.78 is 13.1. The number of anilines is 3. The maximum absolute atomic E-state index is 13.6. The highest BCUT2D eigenvalue weighted by Gasteiger charge is 2.25. The van der Waals surface area contributed by atoms with Crippen molar-refractivity contribution in [3.8, 4) is 11.3 Å². The van der Waals surface area contributed by atoms with Gasteiger partial charge in [-0.2, -0.15) is 10.1 Å². The van der Waals surface area contributed by atoms with Gasteiger partial charge in [-0.25, -0.2) is 24.6 Å². The van der Waals surface area contributed by atoms with E-state index in [0.717, 1.165) is 82.0 Å². The molecule has 0 radical (unpaired) electrons. The van der Waals surface area contributed by atoms with E-state index in [9.17, 15) is 9.59 Å². The van der Waals surface area contributed by atoms with E-state index in [1.54, 1.807) is 12.4 Å². The van der Waals surface area contributed by atoms with Gasteiger partial charge in [0.05, 0.1) is 37.1 Å². The number of carbonyl (C=O) groups is 2. The molecule has 0 aliphatic carbocycles. The lowest BCUT2D eigenvalue weighted by Crippen LogP contribution is -2.48. The molecule has 6 aromatic rings. The first-order valence-corrected chi connectivity index (χ1v) is 19.8. The van der Waals surface area contributed by atoms with Crippen molar-refractivity contribution in [2.75, 3.05) is 95.0 Å². The van der Waals surface area contributed by atoms with Gasteiger partial charge in [-0.3, -0.25) is 14.5 Å². The van der Waals surface area contributed by atoms with Crippen LogP contribution in [0.25, 0.3) is 33.4 Å². The van der Waals surface area contributed by atoms with E-state index in [1.165, 1.54) is 11.9 Å². The largest absolute Gasteiger partial charge is 0.424 e. The second-order valence-corrected chi connectivity index (χ2v) is 14.9. The Balaban J connectivity index is 0.775. The second-order valence-electron chi connectivity index (χ2n) is 14.9. The molecule has 2 amide bonds. The minimum absolute atomic E-state index is 0.0833. The fourth-order valence-electron chi connectivity index (χ4n) is 7.96. The zero-order valence-electron chi connectivity index (χ0n) is 32.2. The summed E-state index contributed by atoms with van der Waals surface area (Å²) in [4.78, 5) is 56.4. The van der Waals surface area contributed by atoms with Crippen LogP contribution >= 0.6 is 0 Å². The standard InChI is InChI=1S/C40H46N14O4/c41-36-34-35(28-3-4-32-31(20-28)48-39(42)58-32)49-54(37(34)47-25-46-36)23-26-1-2-29-24-53(9-5-27(29)19-26)38(56)30-21-44-40(45-22-30)52-14-12-50(13-15-52)16-18-57-17-6-33(55)51-10-7-43-8-11-51/h1-4,19-22,25,43H,5-18,23-24H2,(H2,42,48)(H2,41,46,47). The number of nitrogens with one attached hydrogen (secondary N) is 1. The van der Waals surface area contributed by atoms with Crippen molar-refractivity contribution in [3.63, 3.8) is 0 Å². The topological polar surface area (TPSA) is 216 Å². The summed E-state index contributed by atoms with van der Waals surface area (Å²) in [6, 6.07) is 12.0. The molecule has 18 heteroatoms. The molecule has 2 fully saturated rings. The van der Waals surface area contributed by atoms with Crippen LogP contribution in [-0.4, -0.2) is 140 Å². The highest BCUT2D eigenvalue weighted by Crippen LogP contribution is 2.33. The molecule has 7 heterocycles. The zero-order valence-corrected chi connectivity index (χ0v) is 32.2. The van der Waals surface area contributed by atoms with Crippen LogP contribution in [0, 0.1) is 0 Å². The zero-order chi connectivity index (χ0) is 39.6. The number of nitrogens with zero attached hydrogens (tertiary/aromatic N) is 11. The van der Waals surface area contributed by atoms with Crippen molar-refractivity contribution in [2.45, 2.75) is 25.9 Å². The number of rotatable bonds is 11. The summed E-state index contributed by atoms with van der Waals surface area (Å²) in [6.07, 6.45) is 5.88. The monoisotopic (exact) mass is 786 g/mol. The average molecular weight is 787 g/mol. The lowest BCUT2D eigenvalue weighted by molar-refractivity contribution is -0.132. The van der Waals surface area contributed by atoms with Crippen LogP contribution in [-0.2, 0) is 29.0 Å². The molecule has 3 aliphatic heterocycles. The van der Waals surface area contributed by atoms with E-state index >= 15 is 0 Å². The molecule has 58 heavy (non-hydrogen) atoms. The number of oxazole rings is 1. The van der Waals surface area contributed by atoms with E-state index in [0.29, 0.717) is 84.4 Å². The molecule has 0 spiro atoms. The lowest BCUT2D eigenvalue weighted by Gasteiger charge is -2.34. The molecule has 9 rings (SSSR count). The van der Waals surface area contributed by atoms with E-state index in [4.69, 9.17) is 25.7 Å². The molecule has 4 aromatic heterocycles. The number of piperazine rings is 2. The fourth-order valence-corrected chi connectivity index (χ4v) is 7.96. The van der Waals surface area contributed by atoms with Gasteiger partial charge in [0.1, 0.15) is 23.4 Å². The molecule has 300 valence electrons. The number of nitrogens with two attached hydrogens (primary N) is 2. The number of amides is 2. The summed E-state index contributed by atoms with van der Waals surface area (Å²) in [6.45, 7) is 9.98. The quantitative estimate of drug-likeness (QED) is 0.160. The van der Waals surface area contributed by atoms with Gasteiger partial charge in [0, 0.05) is 89.9 Å². The lowest BCUT2D eigenvalue weighted by atomic mass is 9.97. The third kappa shape index (κ3) is 7.85. The van der Waals surface area contributed by atoms with Crippen molar-refractivity contribution in [2.24, 2.45) is 0 Å². The molecule has 18 nitrogen and oxygen atoms in total. The number of benzene rings is 2. The first-order valence-electron chi connectivity index (χ1n) is 19.8. The second kappa shape index (κ2) is 16.3. The van der Waals surface area contributed by atoms with Crippen molar-refractivity contribution < 1.29 is 18.7 Å². The fraction of sp³-hybridized carbons (Fsp3) is 0.400. The smallest absolute Gasteiger partial charge is 0.292 e.